The SMILES string of the molecule is CCCNC(=NCC(=O)N(C)C)NC1CCN(CC(F)(F)F)C1.I. The number of carbonyl (C=O) groups is 1. The number of alkyl halides is 3. The molecule has 142 valence electrons. The Labute approximate surface area is 158 Å². The summed E-state index contributed by atoms with van der Waals surface area (Å²) in [5, 5.41) is 6.20. The lowest BCUT2D eigenvalue weighted by Gasteiger charge is -2.20. The van der Waals surface area contributed by atoms with Crippen LogP contribution in [-0.2, 0) is 4.79 Å². The van der Waals surface area contributed by atoms with E-state index in [-0.39, 0.29) is 42.5 Å². The Morgan fingerprint density at radius 2 is 2.04 bits per heavy atom. The van der Waals surface area contributed by atoms with Gasteiger partial charge in [0.2, 0.25) is 5.91 Å². The number of aliphatic imine (C=N–C) groups is 1. The summed E-state index contributed by atoms with van der Waals surface area (Å²) in [6.07, 6.45) is -2.68. The topological polar surface area (TPSA) is 60.0 Å². The van der Waals surface area contributed by atoms with Gasteiger partial charge >= 0.3 is 6.18 Å². The Kier molecular flexibility index (Phi) is 10.6. The third kappa shape index (κ3) is 9.50. The lowest BCUT2D eigenvalue weighted by atomic mass is 10.3. The molecule has 1 unspecified atom stereocenters. The lowest BCUT2D eigenvalue weighted by Crippen LogP contribution is -2.46. The molecule has 0 aliphatic carbocycles. The maximum absolute atomic E-state index is 12.4. The molecule has 0 saturated carbocycles. The molecule has 0 aromatic heterocycles. The molecule has 0 aromatic rings. The summed E-state index contributed by atoms with van der Waals surface area (Å²) >= 11 is 0. The Morgan fingerprint density at radius 3 is 2.58 bits per heavy atom. The Hall–Kier alpha value is -0.780. The molecule has 0 spiro atoms. The number of nitrogens with one attached hydrogen (secondary N) is 2. The van der Waals surface area contributed by atoms with Crippen LogP contribution in [0.4, 0.5) is 13.2 Å². The predicted octanol–water partition coefficient (Wildman–Crippen LogP) is 1.27. The minimum absolute atomic E-state index is 0. The van der Waals surface area contributed by atoms with Gasteiger partial charge in [0.15, 0.2) is 5.96 Å². The number of amides is 1. The molecule has 1 atom stereocenters. The molecule has 1 amide bonds. The second-order valence-corrected chi connectivity index (χ2v) is 5.86. The van der Waals surface area contributed by atoms with Gasteiger partial charge in [0.05, 0.1) is 6.54 Å². The van der Waals surface area contributed by atoms with Gasteiger partial charge < -0.3 is 15.5 Å². The van der Waals surface area contributed by atoms with Crippen LogP contribution in [0, 0.1) is 0 Å². The van der Waals surface area contributed by atoms with Crippen LogP contribution in [0.15, 0.2) is 4.99 Å². The fourth-order valence-corrected chi connectivity index (χ4v) is 2.23. The summed E-state index contributed by atoms with van der Waals surface area (Å²) in [5.41, 5.74) is 0. The average Bonchev–Trinajstić information content (AvgIpc) is 2.86. The molecule has 0 radical (unpaired) electrons. The van der Waals surface area contributed by atoms with Gasteiger partial charge in [0.25, 0.3) is 0 Å². The predicted molar refractivity (Wildman–Crippen MR) is 98.7 cm³/mol. The molecule has 0 aromatic carbocycles. The molecule has 2 N–H and O–H groups in total. The third-order valence-corrected chi connectivity index (χ3v) is 3.43. The number of likely N-dealkylation sites (tertiary alicyclic amines) is 1. The fraction of sp³-hybridized carbons (Fsp3) is 0.857. The van der Waals surface area contributed by atoms with E-state index in [0.29, 0.717) is 32.0 Å². The monoisotopic (exact) mass is 465 g/mol. The Balaban J connectivity index is 0.00000529. The number of rotatable bonds is 6. The number of halogens is 4. The van der Waals surface area contributed by atoms with E-state index in [1.807, 2.05) is 6.92 Å². The largest absolute Gasteiger partial charge is 0.401 e. The van der Waals surface area contributed by atoms with E-state index in [9.17, 15) is 18.0 Å². The zero-order valence-corrected chi connectivity index (χ0v) is 16.6. The van der Waals surface area contributed by atoms with Crippen molar-refractivity contribution in [3.05, 3.63) is 0 Å². The van der Waals surface area contributed by atoms with Crippen LogP contribution in [-0.4, -0.2) is 80.7 Å². The van der Waals surface area contributed by atoms with Gasteiger partial charge in [-0.15, -0.1) is 24.0 Å². The van der Waals surface area contributed by atoms with Crippen LogP contribution in [0.5, 0.6) is 0 Å². The minimum Gasteiger partial charge on any atom is -0.356 e. The highest BCUT2D eigenvalue weighted by Gasteiger charge is 2.34. The number of nitrogens with zero attached hydrogens (tertiary/aromatic N) is 3. The summed E-state index contributed by atoms with van der Waals surface area (Å²) in [6, 6.07) is -0.102. The van der Waals surface area contributed by atoms with Gasteiger partial charge in [-0.05, 0) is 12.8 Å². The van der Waals surface area contributed by atoms with Crippen molar-refractivity contribution in [1.29, 1.82) is 0 Å². The highest BCUT2D eigenvalue weighted by Crippen LogP contribution is 2.19. The van der Waals surface area contributed by atoms with E-state index >= 15 is 0 Å². The van der Waals surface area contributed by atoms with E-state index in [4.69, 9.17) is 0 Å². The molecular weight excluding hydrogens is 438 g/mol. The van der Waals surface area contributed by atoms with Crippen molar-refractivity contribution in [3.8, 4) is 0 Å². The highest BCUT2D eigenvalue weighted by molar-refractivity contribution is 14.0. The summed E-state index contributed by atoms with van der Waals surface area (Å²) in [7, 11) is 3.30. The number of hydrogen-bond donors (Lipinski definition) is 2. The quantitative estimate of drug-likeness (QED) is 0.353. The molecule has 1 fully saturated rings. The standard InChI is InChI=1S/C14H26F3N5O.HI/c1-4-6-18-13(19-8-12(23)21(2)3)20-11-5-7-22(9-11)10-14(15,16)17;/h11H,4-10H2,1-3H3,(H2,18,19,20);1H. The maximum atomic E-state index is 12.4. The normalized spacial score (nSPS) is 18.9. The van der Waals surface area contributed by atoms with Crippen molar-refractivity contribution >= 4 is 35.8 Å². The summed E-state index contributed by atoms with van der Waals surface area (Å²) in [6.45, 7) is 2.50. The van der Waals surface area contributed by atoms with Gasteiger partial charge in [0, 0.05) is 39.8 Å². The molecule has 6 nitrogen and oxygen atoms in total. The molecule has 1 aliphatic heterocycles. The first kappa shape index (κ1) is 23.2. The van der Waals surface area contributed by atoms with Gasteiger partial charge in [-0.2, -0.15) is 13.2 Å². The van der Waals surface area contributed by atoms with Crippen molar-refractivity contribution in [3.63, 3.8) is 0 Å². The van der Waals surface area contributed by atoms with Crippen LogP contribution < -0.4 is 10.6 Å². The van der Waals surface area contributed by atoms with Crippen molar-refractivity contribution in [1.82, 2.24) is 20.4 Å². The van der Waals surface area contributed by atoms with Gasteiger partial charge in [-0.1, -0.05) is 6.92 Å². The second kappa shape index (κ2) is 11.0. The molecular formula is C14H27F3IN5O. The Morgan fingerprint density at radius 1 is 1.38 bits per heavy atom. The molecule has 1 saturated heterocycles. The lowest BCUT2D eigenvalue weighted by molar-refractivity contribution is -0.143. The van der Waals surface area contributed by atoms with E-state index in [1.165, 1.54) is 9.80 Å². The average molecular weight is 465 g/mol. The first-order valence-electron chi connectivity index (χ1n) is 7.75. The number of guanidine groups is 1. The summed E-state index contributed by atoms with van der Waals surface area (Å²) in [4.78, 5) is 18.6. The van der Waals surface area contributed by atoms with Gasteiger partial charge in [-0.3, -0.25) is 9.69 Å². The van der Waals surface area contributed by atoms with Crippen molar-refractivity contribution in [2.45, 2.75) is 32.0 Å². The zero-order valence-electron chi connectivity index (χ0n) is 14.3. The Bertz CT molecular complexity index is 418. The smallest absolute Gasteiger partial charge is 0.356 e. The van der Waals surface area contributed by atoms with Gasteiger partial charge in [-0.25, -0.2) is 4.99 Å². The second-order valence-electron chi connectivity index (χ2n) is 5.86. The van der Waals surface area contributed by atoms with Crippen LogP contribution in [0.1, 0.15) is 19.8 Å². The van der Waals surface area contributed by atoms with Crippen molar-refractivity contribution < 1.29 is 18.0 Å². The molecule has 1 rings (SSSR count). The van der Waals surface area contributed by atoms with E-state index < -0.39 is 12.7 Å². The van der Waals surface area contributed by atoms with Crippen LogP contribution in [0.25, 0.3) is 0 Å². The molecule has 1 aliphatic rings. The highest BCUT2D eigenvalue weighted by atomic mass is 127. The van der Waals surface area contributed by atoms with Crippen molar-refractivity contribution in [2.75, 3.05) is 46.8 Å². The zero-order chi connectivity index (χ0) is 17.5. The fourth-order valence-electron chi connectivity index (χ4n) is 2.23. The molecule has 1 heterocycles. The van der Waals surface area contributed by atoms with E-state index in [0.717, 1.165) is 6.42 Å². The third-order valence-electron chi connectivity index (χ3n) is 3.43. The maximum Gasteiger partial charge on any atom is 0.401 e. The van der Waals surface area contributed by atoms with Crippen molar-refractivity contribution in [2.24, 2.45) is 4.99 Å². The number of likely N-dealkylation sites (N-methyl/N-ethyl adjacent to an activating group) is 1. The minimum atomic E-state index is -4.18. The van der Waals surface area contributed by atoms with E-state index in [2.05, 4.69) is 15.6 Å². The van der Waals surface area contributed by atoms with Gasteiger partial charge in [0.1, 0.15) is 6.54 Å². The summed E-state index contributed by atoms with van der Waals surface area (Å²) in [5.74, 6) is 0.341. The van der Waals surface area contributed by atoms with E-state index in [1.54, 1.807) is 14.1 Å². The van der Waals surface area contributed by atoms with Crippen LogP contribution in [0.2, 0.25) is 0 Å². The summed E-state index contributed by atoms with van der Waals surface area (Å²) < 4.78 is 37.2. The first-order valence-corrected chi connectivity index (χ1v) is 7.75. The van der Waals surface area contributed by atoms with Crippen LogP contribution >= 0.6 is 24.0 Å². The number of carbonyl (C=O) groups excluding carboxylic acids is 1. The first-order chi connectivity index (χ1) is 10.7. The number of hydrogen-bond acceptors (Lipinski definition) is 3. The van der Waals surface area contributed by atoms with Crippen LogP contribution in [0.3, 0.4) is 0 Å². The molecule has 0 bridgehead atoms. The molecule has 24 heavy (non-hydrogen) atoms. The molecule has 10 heteroatoms.